The van der Waals surface area contributed by atoms with E-state index in [1.807, 2.05) is 0 Å². The Hall–Kier alpha value is -2.91. The van der Waals surface area contributed by atoms with Gasteiger partial charge in [-0.25, -0.2) is 31.2 Å². The number of aryl methyl sites for hydroxylation is 1. The number of hydrogen-bond acceptors (Lipinski definition) is 9. The first-order valence-electron chi connectivity index (χ1n) is 9.97. The first-order chi connectivity index (χ1) is 15.8. The minimum atomic E-state index is -4.30. The fourth-order valence-electron chi connectivity index (χ4n) is 3.92. The summed E-state index contributed by atoms with van der Waals surface area (Å²) in [5, 5.41) is 0.387. The van der Waals surface area contributed by atoms with Gasteiger partial charge in [-0.1, -0.05) is 0 Å². The maximum Gasteiger partial charge on any atom is 0.254 e. The van der Waals surface area contributed by atoms with Crippen LogP contribution >= 0.6 is 11.5 Å². The Balaban J connectivity index is 1.91. The molecule has 34 heavy (non-hydrogen) atoms. The van der Waals surface area contributed by atoms with Crippen LogP contribution < -0.4 is 3.71 Å². The van der Waals surface area contributed by atoms with E-state index in [0.717, 1.165) is 24.0 Å². The van der Waals surface area contributed by atoms with Crippen LogP contribution in [0.3, 0.4) is 0 Å². The molecule has 11 nitrogen and oxygen atoms in total. The van der Waals surface area contributed by atoms with Crippen molar-refractivity contribution in [2.45, 2.75) is 26.4 Å². The molecule has 3 heterocycles. The lowest BCUT2D eigenvalue weighted by Crippen LogP contribution is -2.43. The van der Waals surface area contributed by atoms with Crippen molar-refractivity contribution in [3.05, 3.63) is 47.2 Å². The summed E-state index contributed by atoms with van der Waals surface area (Å²) in [5.41, 5.74) is 0.464. The maximum absolute atomic E-state index is 13.3. The summed E-state index contributed by atoms with van der Waals surface area (Å²) in [5.74, 6) is -0.480. The number of nitrogens with zero attached hydrogens (tertiary/aromatic N) is 6. The summed E-state index contributed by atoms with van der Waals surface area (Å²) in [6, 6.07) is 4.28. The van der Waals surface area contributed by atoms with E-state index in [1.165, 1.54) is 29.2 Å². The van der Waals surface area contributed by atoms with Crippen molar-refractivity contribution in [2.75, 3.05) is 22.8 Å². The number of rotatable bonds is 5. The maximum atomic E-state index is 13.3. The Bertz CT molecular complexity index is 1450. The second kappa shape index (κ2) is 8.39. The topological polar surface area (TPSA) is 135 Å². The average molecular weight is 529 g/mol. The third-order valence-corrected chi connectivity index (χ3v) is 9.24. The van der Waals surface area contributed by atoms with E-state index in [2.05, 4.69) is 14.3 Å². The first-order valence-corrected chi connectivity index (χ1v) is 14.4. The molecule has 1 atom stereocenters. The van der Waals surface area contributed by atoms with Crippen LogP contribution in [0.2, 0.25) is 0 Å². The molecule has 1 aliphatic heterocycles. The molecule has 1 unspecified atom stereocenters. The Morgan fingerprint density at radius 1 is 1.09 bits per heavy atom. The van der Waals surface area contributed by atoms with Gasteiger partial charge in [-0.05, 0) is 49.6 Å². The van der Waals surface area contributed by atoms with Crippen LogP contribution in [0.25, 0.3) is 10.8 Å². The average Bonchev–Trinajstić information content (AvgIpc) is 3.30. The Morgan fingerprint density at radius 2 is 1.71 bits per heavy atom. The fourth-order valence-corrected chi connectivity index (χ4v) is 7.46. The summed E-state index contributed by atoms with van der Waals surface area (Å²) in [7, 11) is -8.60. The second-order valence-corrected chi connectivity index (χ2v) is 12.5. The van der Waals surface area contributed by atoms with E-state index in [-0.39, 0.29) is 39.7 Å². The van der Waals surface area contributed by atoms with E-state index >= 15 is 0 Å². The normalized spacial score (nSPS) is 16.4. The van der Waals surface area contributed by atoms with Gasteiger partial charge < -0.3 is 9.47 Å². The van der Waals surface area contributed by atoms with Gasteiger partial charge in [-0.15, -0.1) is 3.71 Å². The molecule has 0 aliphatic carbocycles. The van der Waals surface area contributed by atoms with Crippen LogP contribution in [-0.2, 0) is 26.6 Å². The molecule has 0 saturated carbocycles. The van der Waals surface area contributed by atoms with Gasteiger partial charge in [0, 0.05) is 18.7 Å². The molecular formula is C19H21FN6O5S3. The number of amides is 1. The lowest BCUT2D eigenvalue weighted by molar-refractivity contribution is 0.0645. The van der Waals surface area contributed by atoms with Crippen molar-refractivity contribution in [1.82, 2.24) is 23.8 Å². The number of carbonyl (C=O) groups excluding carboxylic acids is 1. The minimum Gasteiger partial charge on any atom is -0.328 e. The molecule has 0 fully saturated rings. The van der Waals surface area contributed by atoms with Gasteiger partial charge in [0.1, 0.15) is 11.6 Å². The molecule has 3 aromatic rings. The Morgan fingerprint density at radius 3 is 2.24 bits per heavy atom. The molecule has 2 aromatic heterocycles. The van der Waals surface area contributed by atoms with Crippen LogP contribution in [0.4, 0.5) is 10.2 Å². The molecule has 182 valence electrons. The molecule has 15 heteroatoms. The van der Waals surface area contributed by atoms with E-state index in [0.29, 0.717) is 10.8 Å². The van der Waals surface area contributed by atoms with Crippen LogP contribution in [0.5, 0.6) is 0 Å². The highest BCUT2D eigenvalue weighted by Crippen LogP contribution is 2.39. The lowest BCUT2D eigenvalue weighted by Gasteiger charge is -2.36. The van der Waals surface area contributed by atoms with Crippen molar-refractivity contribution >= 4 is 43.3 Å². The van der Waals surface area contributed by atoms with Crippen molar-refractivity contribution in [1.29, 1.82) is 0 Å². The third kappa shape index (κ3) is 4.30. The summed E-state index contributed by atoms with van der Waals surface area (Å²) in [6.07, 6.45) is 1.53. The van der Waals surface area contributed by atoms with Crippen LogP contribution in [0.1, 0.15) is 34.8 Å². The van der Waals surface area contributed by atoms with E-state index < -0.39 is 37.8 Å². The van der Waals surface area contributed by atoms with Crippen molar-refractivity contribution in [3.8, 4) is 10.8 Å². The zero-order valence-electron chi connectivity index (χ0n) is 18.6. The minimum absolute atomic E-state index is 0.203. The highest BCUT2D eigenvalue weighted by Gasteiger charge is 2.40. The number of hydrogen-bond donors (Lipinski definition) is 0. The first kappa shape index (κ1) is 24.2. The highest BCUT2D eigenvalue weighted by atomic mass is 32.3. The monoisotopic (exact) mass is 528 g/mol. The lowest BCUT2D eigenvalue weighted by atomic mass is 10.1. The predicted molar refractivity (Wildman–Crippen MR) is 124 cm³/mol. The molecule has 0 bridgehead atoms. The Labute approximate surface area is 200 Å². The van der Waals surface area contributed by atoms with Gasteiger partial charge in [-0.3, -0.25) is 4.79 Å². The molecule has 1 aliphatic rings. The summed E-state index contributed by atoms with van der Waals surface area (Å²) in [4.78, 5) is 23.4. The molecule has 1 aromatic carbocycles. The zero-order chi connectivity index (χ0) is 25.0. The van der Waals surface area contributed by atoms with Crippen molar-refractivity contribution in [3.63, 3.8) is 0 Å². The van der Waals surface area contributed by atoms with Gasteiger partial charge >= 0.3 is 0 Å². The molecule has 1 amide bonds. The highest BCUT2D eigenvalue weighted by molar-refractivity contribution is 8.09. The number of halogens is 1. The second-order valence-electron chi connectivity index (χ2n) is 7.85. The molecule has 0 radical (unpaired) electrons. The summed E-state index contributed by atoms with van der Waals surface area (Å²) in [6.45, 7) is 3.76. The summed E-state index contributed by atoms with van der Waals surface area (Å²) < 4.78 is 69.6. The molecule has 4 rings (SSSR count). The quantitative estimate of drug-likeness (QED) is 0.489. The van der Waals surface area contributed by atoms with E-state index in [9.17, 15) is 26.0 Å². The Kier molecular flexibility index (Phi) is 5.98. The van der Waals surface area contributed by atoms with Crippen molar-refractivity contribution in [2.24, 2.45) is 0 Å². The van der Waals surface area contributed by atoms with Crippen LogP contribution in [-0.4, -0.2) is 65.6 Å². The number of anilines is 1. The number of imidazole rings is 1. The largest absolute Gasteiger partial charge is 0.328 e. The van der Waals surface area contributed by atoms with Crippen LogP contribution in [0, 0.1) is 12.7 Å². The standard InChI is InChI=1S/C19H21FN6O5S3/c1-11-15-16(26(33(3,28)29)34(4,30)31)22-17(18-21-12(2)23-32-18)25(15)10-9-24(11)19(27)13-5-7-14(20)8-6-13/h5-8,11H,9-10H2,1-4H3. The third-order valence-electron chi connectivity index (χ3n) is 5.26. The number of benzene rings is 1. The van der Waals surface area contributed by atoms with Crippen molar-refractivity contribution < 1.29 is 26.0 Å². The van der Waals surface area contributed by atoms with E-state index in [4.69, 9.17) is 0 Å². The SMILES string of the molecule is Cc1nsc(-c2nc(N(S(C)(=O)=O)S(C)(=O)=O)c3n2CCN(C(=O)c2ccc(F)cc2)C3C)n1. The van der Waals surface area contributed by atoms with Gasteiger partial charge in [0.05, 0.1) is 24.2 Å². The van der Waals surface area contributed by atoms with Crippen LogP contribution in [0.15, 0.2) is 24.3 Å². The number of carbonyl (C=O) groups is 1. The smallest absolute Gasteiger partial charge is 0.254 e. The predicted octanol–water partition coefficient (Wildman–Crippen LogP) is 1.79. The number of fused-ring (bicyclic) bond motifs is 1. The zero-order valence-corrected chi connectivity index (χ0v) is 21.1. The van der Waals surface area contributed by atoms with Gasteiger partial charge in [0.15, 0.2) is 16.6 Å². The van der Waals surface area contributed by atoms with Gasteiger partial charge in [0.25, 0.3) is 5.91 Å². The fraction of sp³-hybridized carbons (Fsp3) is 0.368. The van der Waals surface area contributed by atoms with Gasteiger partial charge in [0.2, 0.25) is 20.0 Å². The van der Waals surface area contributed by atoms with E-state index in [1.54, 1.807) is 18.4 Å². The molecular weight excluding hydrogens is 507 g/mol. The summed E-state index contributed by atoms with van der Waals surface area (Å²) >= 11 is 1.04. The number of aromatic nitrogens is 4. The molecule has 0 saturated heterocycles. The molecule has 0 spiro atoms. The van der Waals surface area contributed by atoms with Gasteiger partial charge in [-0.2, -0.15) is 4.37 Å². The molecule has 0 N–H and O–H groups in total. The number of sulfonamides is 2.